The van der Waals surface area contributed by atoms with E-state index in [1.165, 1.54) is 12.8 Å². The minimum atomic E-state index is 0. The molecule has 1 atom stereocenters. The second kappa shape index (κ2) is 7.66. The predicted octanol–water partition coefficient (Wildman–Crippen LogP) is 1.46. The standard InChI is InChI=1S/C12H22N6.HI/c1-3-18-11(15-9-16-18)7-14-12(13)17-6-4-5-10(2)8-17;/h9-10H,3-8H2,1-2H3,(H2,13,14);1H. The van der Waals surface area contributed by atoms with E-state index in [0.717, 1.165) is 25.5 Å². The average Bonchev–Trinajstić information content (AvgIpc) is 2.83. The van der Waals surface area contributed by atoms with Gasteiger partial charge in [-0.05, 0) is 25.7 Å². The number of guanidine groups is 1. The summed E-state index contributed by atoms with van der Waals surface area (Å²) in [5.41, 5.74) is 6.04. The molecular weight excluding hydrogens is 355 g/mol. The maximum absolute atomic E-state index is 6.04. The van der Waals surface area contributed by atoms with Gasteiger partial charge in [0.05, 0.1) is 0 Å². The van der Waals surface area contributed by atoms with Crippen molar-refractivity contribution in [3.05, 3.63) is 12.2 Å². The summed E-state index contributed by atoms with van der Waals surface area (Å²) in [5, 5.41) is 4.12. The van der Waals surface area contributed by atoms with Crippen LogP contribution in [0.25, 0.3) is 0 Å². The van der Waals surface area contributed by atoms with Crippen LogP contribution in [0.2, 0.25) is 0 Å². The van der Waals surface area contributed by atoms with Gasteiger partial charge in [0.25, 0.3) is 0 Å². The number of nitrogens with two attached hydrogens (primary N) is 1. The molecule has 2 heterocycles. The molecule has 1 aliphatic heterocycles. The lowest BCUT2D eigenvalue weighted by atomic mass is 10.0. The third-order valence-electron chi connectivity index (χ3n) is 3.36. The highest BCUT2D eigenvalue weighted by Gasteiger charge is 2.17. The van der Waals surface area contributed by atoms with Gasteiger partial charge in [0.2, 0.25) is 0 Å². The van der Waals surface area contributed by atoms with Crippen molar-refractivity contribution in [2.24, 2.45) is 16.6 Å². The van der Waals surface area contributed by atoms with Crippen LogP contribution in [0.5, 0.6) is 0 Å². The quantitative estimate of drug-likeness (QED) is 0.491. The second-order valence-corrected chi connectivity index (χ2v) is 4.86. The van der Waals surface area contributed by atoms with Gasteiger partial charge in [-0.15, -0.1) is 24.0 Å². The summed E-state index contributed by atoms with van der Waals surface area (Å²) in [6, 6.07) is 0. The number of aromatic nitrogens is 3. The number of aliphatic imine (C=N–C) groups is 1. The largest absolute Gasteiger partial charge is 0.370 e. The molecule has 19 heavy (non-hydrogen) atoms. The van der Waals surface area contributed by atoms with E-state index in [1.54, 1.807) is 6.33 Å². The first kappa shape index (κ1) is 16.2. The monoisotopic (exact) mass is 378 g/mol. The Hall–Kier alpha value is -0.860. The van der Waals surface area contributed by atoms with Crippen molar-refractivity contribution in [3.63, 3.8) is 0 Å². The number of rotatable bonds is 3. The maximum atomic E-state index is 6.04. The highest BCUT2D eigenvalue weighted by Crippen LogP contribution is 2.15. The lowest BCUT2D eigenvalue weighted by Gasteiger charge is -2.31. The van der Waals surface area contributed by atoms with E-state index in [-0.39, 0.29) is 24.0 Å². The van der Waals surface area contributed by atoms with Crippen molar-refractivity contribution in [1.82, 2.24) is 19.7 Å². The number of halogens is 1. The lowest BCUT2D eigenvalue weighted by Crippen LogP contribution is -2.43. The number of hydrogen-bond acceptors (Lipinski definition) is 3. The first-order valence-electron chi connectivity index (χ1n) is 6.62. The van der Waals surface area contributed by atoms with Crippen LogP contribution < -0.4 is 5.73 Å². The normalized spacial score (nSPS) is 20.2. The fourth-order valence-electron chi connectivity index (χ4n) is 2.32. The van der Waals surface area contributed by atoms with E-state index in [0.29, 0.717) is 18.4 Å². The molecule has 6 nitrogen and oxygen atoms in total. The van der Waals surface area contributed by atoms with Gasteiger partial charge in [-0.1, -0.05) is 6.92 Å². The minimum absolute atomic E-state index is 0. The molecule has 1 aromatic heterocycles. The Balaban J connectivity index is 0.00000180. The topological polar surface area (TPSA) is 72.3 Å². The van der Waals surface area contributed by atoms with Crippen LogP contribution in [-0.4, -0.2) is 38.7 Å². The molecule has 2 N–H and O–H groups in total. The number of likely N-dealkylation sites (tertiary alicyclic amines) is 1. The molecule has 0 amide bonds. The molecule has 7 heteroatoms. The van der Waals surface area contributed by atoms with Gasteiger partial charge in [-0.2, -0.15) is 5.10 Å². The van der Waals surface area contributed by atoms with Gasteiger partial charge in [0, 0.05) is 19.6 Å². The fraction of sp³-hybridized carbons (Fsp3) is 0.750. The third kappa shape index (κ3) is 4.32. The van der Waals surface area contributed by atoms with Crippen LogP contribution in [0.4, 0.5) is 0 Å². The Morgan fingerprint density at radius 3 is 3.05 bits per heavy atom. The number of hydrogen-bond donors (Lipinski definition) is 1. The van der Waals surface area contributed by atoms with Gasteiger partial charge in [0.1, 0.15) is 18.7 Å². The Morgan fingerprint density at radius 2 is 2.37 bits per heavy atom. The Bertz CT molecular complexity index is 416. The molecule has 0 saturated carbocycles. The molecule has 108 valence electrons. The van der Waals surface area contributed by atoms with Gasteiger partial charge in [0.15, 0.2) is 5.96 Å². The predicted molar refractivity (Wildman–Crippen MR) is 86.4 cm³/mol. The summed E-state index contributed by atoms with van der Waals surface area (Å²) in [7, 11) is 0. The van der Waals surface area contributed by atoms with Crippen LogP contribution in [0.3, 0.4) is 0 Å². The van der Waals surface area contributed by atoms with E-state index in [1.807, 2.05) is 11.6 Å². The molecule has 0 bridgehead atoms. The Labute approximate surface area is 131 Å². The van der Waals surface area contributed by atoms with E-state index in [2.05, 4.69) is 26.9 Å². The third-order valence-corrected chi connectivity index (χ3v) is 3.36. The summed E-state index contributed by atoms with van der Waals surface area (Å²) in [4.78, 5) is 10.8. The zero-order chi connectivity index (χ0) is 13.0. The second-order valence-electron chi connectivity index (χ2n) is 4.86. The van der Waals surface area contributed by atoms with Crippen molar-refractivity contribution in [3.8, 4) is 0 Å². The number of nitrogens with zero attached hydrogens (tertiary/aromatic N) is 5. The average molecular weight is 378 g/mol. The van der Waals surface area contributed by atoms with Gasteiger partial charge < -0.3 is 10.6 Å². The van der Waals surface area contributed by atoms with Crippen molar-refractivity contribution in [2.75, 3.05) is 13.1 Å². The summed E-state index contributed by atoms with van der Waals surface area (Å²) in [6.07, 6.45) is 4.05. The number of aryl methyl sites for hydroxylation is 1. The molecule has 0 aromatic carbocycles. The molecule has 1 saturated heterocycles. The SMILES string of the molecule is CCn1ncnc1CN=C(N)N1CCCC(C)C1.I. The zero-order valence-corrected chi connectivity index (χ0v) is 13.9. The first-order valence-corrected chi connectivity index (χ1v) is 6.62. The Kier molecular flexibility index (Phi) is 6.53. The van der Waals surface area contributed by atoms with E-state index >= 15 is 0 Å². The van der Waals surface area contributed by atoms with Crippen molar-refractivity contribution in [2.45, 2.75) is 39.8 Å². The minimum Gasteiger partial charge on any atom is -0.370 e. The fourth-order valence-corrected chi connectivity index (χ4v) is 2.32. The highest BCUT2D eigenvalue weighted by atomic mass is 127. The first-order chi connectivity index (χ1) is 8.70. The molecule has 0 aliphatic carbocycles. The Morgan fingerprint density at radius 1 is 1.58 bits per heavy atom. The van der Waals surface area contributed by atoms with E-state index < -0.39 is 0 Å². The van der Waals surface area contributed by atoms with E-state index in [4.69, 9.17) is 5.73 Å². The molecule has 1 fully saturated rings. The molecule has 0 spiro atoms. The molecule has 1 unspecified atom stereocenters. The molecule has 1 aromatic rings. The van der Waals surface area contributed by atoms with Crippen LogP contribution in [0, 0.1) is 5.92 Å². The summed E-state index contributed by atoms with van der Waals surface area (Å²) < 4.78 is 1.84. The maximum Gasteiger partial charge on any atom is 0.191 e. The molecular formula is C12H23IN6. The van der Waals surface area contributed by atoms with Crippen molar-refractivity contribution >= 4 is 29.9 Å². The summed E-state index contributed by atoms with van der Waals surface area (Å²) in [6.45, 7) is 7.64. The van der Waals surface area contributed by atoms with Gasteiger partial charge in [-0.3, -0.25) is 0 Å². The van der Waals surface area contributed by atoms with E-state index in [9.17, 15) is 0 Å². The molecule has 0 radical (unpaired) electrons. The molecule has 2 rings (SSSR count). The lowest BCUT2D eigenvalue weighted by molar-refractivity contribution is 0.270. The van der Waals surface area contributed by atoms with Crippen molar-refractivity contribution < 1.29 is 0 Å². The van der Waals surface area contributed by atoms with Crippen molar-refractivity contribution in [1.29, 1.82) is 0 Å². The van der Waals surface area contributed by atoms with Crippen LogP contribution in [0.15, 0.2) is 11.3 Å². The van der Waals surface area contributed by atoms with Gasteiger partial charge >= 0.3 is 0 Å². The van der Waals surface area contributed by atoms with Gasteiger partial charge in [-0.25, -0.2) is 14.7 Å². The number of piperidine rings is 1. The zero-order valence-electron chi connectivity index (χ0n) is 11.6. The van der Waals surface area contributed by atoms with Crippen LogP contribution in [0.1, 0.15) is 32.5 Å². The summed E-state index contributed by atoms with van der Waals surface area (Å²) >= 11 is 0. The highest BCUT2D eigenvalue weighted by molar-refractivity contribution is 14.0. The smallest absolute Gasteiger partial charge is 0.191 e. The summed E-state index contributed by atoms with van der Waals surface area (Å²) in [5.74, 6) is 2.20. The van der Waals surface area contributed by atoms with Crippen LogP contribution in [-0.2, 0) is 13.1 Å². The molecule has 1 aliphatic rings. The van der Waals surface area contributed by atoms with Crippen LogP contribution >= 0.6 is 24.0 Å².